The summed E-state index contributed by atoms with van der Waals surface area (Å²) in [5, 5.41) is 8.71. The summed E-state index contributed by atoms with van der Waals surface area (Å²) in [7, 11) is 1.58. The van der Waals surface area contributed by atoms with Gasteiger partial charge in [-0.1, -0.05) is 24.3 Å². The summed E-state index contributed by atoms with van der Waals surface area (Å²) in [6, 6.07) is 7.26. The summed E-state index contributed by atoms with van der Waals surface area (Å²) in [5.74, 6) is -1.27. The summed E-state index contributed by atoms with van der Waals surface area (Å²) in [4.78, 5) is 37.8. The average Bonchev–Trinajstić information content (AvgIpc) is 2.52. The Kier molecular flexibility index (Phi) is 5.16. The molecule has 1 heterocycles. The number of carbonyl (C=O) groups is 3. The number of benzene rings is 1. The van der Waals surface area contributed by atoms with Gasteiger partial charge >= 0.3 is 5.97 Å². The fourth-order valence-corrected chi connectivity index (χ4v) is 2.62. The normalized spacial score (nSPS) is 15.9. The first kappa shape index (κ1) is 16.7. The van der Waals surface area contributed by atoms with Crippen molar-refractivity contribution in [1.29, 1.82) is 0 Å². The van der Waals surface area contributed by atoms with Crippen molar-refractivity contribution < 1.29 is 19.5 Å². The number of rotatable bonds is 5. The van der Waals surface area contributed by atoms with Gasteiger partial charge in [0.25, 0.3) is 0 Å². The third-order valence-electron chi connectivity index (χ3n) is 3.92. The smallest absolute Gasteiger partial charge is 0.305 e. The molecule has 1 aromatic carbocycles. The molecule has 1 aromatic rings. The van der Waals surface area contributed by atoms with Gasteiger partial charge in [0.2, 0.25) is 11.8 Å². The fourth-order valence-electron chi connectivity index (χ4n) is 2.62. The van der Waals surface area contributed by atoms with Gasteiger partial charge in [0.1, 0.15) is 0 Å². The van der Waals surface area contributed by atoms with Crippen molar-refractivity contribution in [1.82, 2.24) is 9.80 Å². The molecule has 0 radical (unpaired) electrons. The van der Waals surface area contributed by atoms with Gasteiger partial charge in [-0.05, 0) is 17.2 Å². The van der Waals surface area contributed by atoms with Crippen molar-refractivity contribution >= 4 is 23.9 Å². The number of fused-ring (bicyclic) bond motifs is 1. The topological polar surface area (TPSA) is 77.9 Å². The summed E-state index contributed by atoms with van der Waals surface area (Å²) < 4.78 is 0. The van der Waals surface area contributed by atoms with Gasteiger partial charge in [0.15, 0.2) is 0 Å². The van der Waals surface area contributed by atoms with E-state index in [0.717, 1.165) is 11.1 Å². The molecule has 0 saturated heterocycles. The summed E-state index contributed by atoms with van der Waals surface area (Å²) in [6.45, 7) is 1.61. The average molecular weight is 316 g/mol. The van der Waals surface area contributed by atoms with Gasteiger partial charge in [0, 0.05) is 26.7 Å². The van der Waals surface area contributed by atoms with E-state index in [-0.39, 0.29) is 37.2 Å². The number of carbonyl (C=O) groups excluding carboxylic acids is 2. The maximum atomic E-state index is 12.4. The molecule has 0 fully saturated rings. The predicted octanol–water partition coefficient (Wildman–Crippen LogP) is 1.88. The highest BCUT2D eigenvalue weighted by atomic mass is 16.4. The summed E-state index contributed by atoms with van der Waals surface area (Å²) >= 11 is 0. The molecule has 2 rings (SSSR count). The number of carboxylic acids is 1. The fraction of sp³-hybridized carbons (Fsp3) is 0.353. The van der Waals surface area contributed by atoms with Gasteiger partial charge in [-0.3, -0.25) is 14.4 Å². The van der Waals surface area contributed by atoms with E-state index >= 15 is 0 Å². The molecule has 1 aliphatic heterocycles. The molecule has 6 nitrogen and oxygen atoms in total. The maximum Gasteiger partial charge on any atom is 0.305 e. The van der Waals surface area contributed by atoms with Crippen LogP contribution >= 0.6 is 0 Å². The Bertz CT molecular complexity index is 654. The van der Waals surface area contributed by atoms with Crippen molar-refractivity contribution in [2.24, 2.45) is 0 Å². The number of nitrogens with zero attached hydrogens (tertiary/aromatic N) is 2. The number of amides is 2. The van der Waals surface area contributed by atoms with Crippen LogP contribution in [0.4, 0.5) is 0 Å². The van der Waals surface area contributed by atoms with Crippen molar-refractivity contribution in [2.45, 2.75) is 25.8 Å². The molecule has 0 aromatic heterocycles. The molecular formula is C17H20N2O4. The second-order valence-electron chi connectivity index (χ2n) is 5.55. The highest BCUT2D eigenvalue weighted by Gasteiger charge is 2.29. The molecule has 0 saturated carbocycles. The molecule has 122 valence electrons. The molecule has 0 spiro atoms. The predicted molar refractivity (Wildman–Crippen MR) is 85.2 cm³/mol. The molecule has 1 unspecified atom stereocenters. The molecule has 1 atom stereocenters. The zero-order valence-electron chi connectivity index (χ0n) is 13.2. The monoisotopic (exact) mass is 316 g/mol. The molecule has 1 aliphatic rings. The Morgan fingerprint density at radius 3 is 2.61 bits per heavy atom. The third kappa shape index (κ3) is 3.97. The van der Waals surface area contributed by atoms with Crippen LogP contribution in [0, 0.1) is 0 Å². The number of hydrogen-bond acceptors (Lipinski definition) is 3. The zero-order chi connectivity index (χ0) is 17.0. The molecule has 6 heteroatoms. The Hall–Kier alpha value is -2.63. The van der Waals surface area contributed by atoms with Gasteiger partial charge in [-0.25, -0.2) is 0 Å². The van der Waals surface area contributed by atoms with Crippen molar-refractivity contribution in [3.05, 3.63) is 41.6 Å². The maximum absolute atomic E-state index is 12.4. The Balaban J connectivity index is 2.17. The van der Waals surface area contributed by atoms with E-state index in [0.29, 0.717) is 0 Å². The molecule has 0 aliphatic carbocycles. The minimum absolute atomic E-state index is 0.0974. The molecule has 0 bridgehead atoms. The second-order valence-corrected chi connectivity index (χ2v) is 5.55. The SMILES string of the molecule is CC(=O)N1C=Cc2ccccc2C1CC(=O)N(C)CCC(=O)O. The second kappa shape index (κ2) is 7.09. The first-order valence-corrected chi connectivity index (χ1v) is 7.42. The Labute approximate surface area is 135 Å². The minimum atomic E-state index is -0.944. The lowest BCUT2D eigenvalue weighted by Gasteiger charge is -2.33. The molecule has 2 amide bonds. The number of hydrogen-bond donors (Lipinski definition) is 1. The minimum Gasteiger partial charge on any atom is -0.481 e. The Morgan fingerprint density at radius 1 is 1.26 bits per heavy atom. The van der Waals surface area contributed by atoms with Gasteiger partial charge in [-0.2, -0.15) is 0 Å². The first-order chi connectivity index (χ1) is 10.9. The van der Waals surface area contributed by atoms with E-state index in [1.54, 1.807) is 18.1 Å². The van der Waals surface area contributed by atoms with E-state index in [2.05, 4.69) is 0 Å². The third-order valence-corrected chi connectivity index (χ3v) is 3.92. The summed E-state index contributed by atoms with van der Waals surface area (Å²) in [5.41, 5.74) is 1.90. The van der Waals surface area contributed by atoms with E-state index < -0.39 is 5.97 Å². The quantitative estimate of drug-likeness (QED) is 0.900. The van der Waals surface area contributed by atoms with Crippen LogP contribution in [0.5, 0.6) is 0 Å². The van der Waals surface area contributed by atoms with E-state index in [9.17, 15) is 14.4 Å². The van der Waals surface area contributed by atoms with Crippen LogP contribution in [0.25, 0.3) is 6.08 Å². The van der Waals surface area contributed by atoms with E-state index in [4.69, 9.17) is 5.11 Å². The van der Waals surface area contributed by atoms with Crippen LogP contribution in [0.2, 0.25) is 0 Å². The van der Waals surface area contributed by atoms with Crippen LogP contribution < -0.4 is 0 Å². The van der Waals surface area contributed by atoms with Crippen LogP contribution in [-0.2, 0) is 14.4 Å². The van der Waals surface area contributed by atoms with E-state index in [1.807, 2.05) is 30.3 Å². The van der Waals surface area contributed by atoms with Gasteiger partial charge in [0.05, 0.1) is 18.9 Å². The lowest BCUT2D eigenvalue weighted by atomic mass is 9.93. The summed E-state index contributed by atoms with van der Waals surface area (Å²) in [6.07, 6.45) is 3.57. The van der Waals surface area contributed by atoms with Crippen LogP contribution in [0.3, 0.4) is 0 Å². The van der Waals surface area contributed by atoms with Crippen molar-refractivity contribution in [2.75, 3.05) is 13.6 Å². The molecular weight excluding hydrogens is 296 g/mol. The lowest BCUT2D eigenvalue weighted by molar-refractivity contribution is -0.138. The van der Waals surface area contributed by atoms with Crippen molar-refractivity contribution in [3.63, 3.8) is 0 Å². The number of carboxylic acid groups (broad SMARTS) is 1. The highest BCUT2D eigenvalue weighted by molar-refractivity contribution is 5.82. The molecule has 23 heavy (non-hydrogen) atoms. The highest BCUT2D eigenvalue weighted by Crippen LogP contribution is 2.33. The first-order valence-electron chi connectivity index (χ1n) is 7.42. The van der Waals surface area contributed by atoms with Crippen LogP contribution in [0.15, 0.2) is 30.5 Å². The zero-order valence-corrected chi connectivity index (χ0v) is 13.2. The van der Waals surface area contributed by atoms with Gasteiger partial charge < -0.3 is 14.9 Å². The molecule has 1 N–H and O–H groups in total. The number of aliphatic carboxylic acids is 1. The standard InChI is InChI=1S/C17H20N2O4/c1-12(20)19-10-7-13-5-3-4-6-14(13)15(19)11-16(21)18(2)9-8-17(22)23/h3-7,10,15H,8-9,11H2,1-2H3,(H,22,23). The van der Waals surface area contributed by atoms with E-state index in [1.165, 1.54) is 11.8 Å². The lowest BCUT2D eigenvalue weighted by Crippen LogP contribution is -2.36. The largest absolute Gasteiger partial charge is 0.481 e. The van der Waals surface area contributed by atoms with Crippen LogP contribution in [-0.4, -0.2) is 46.3 Å². The Morgan fingerprint density at radius 2 is 1.96 bits per heavy atom. The van der Waals surface area contributed by atoms with Crippen LogP contribution in [0.1, 0.15) is 36.9 Å². The van der Waals surface area contributed by atoms with Crippen molar-refractivity contribution in [3.8, 4) is 0 Å². The van der Waals surface area contributed by atoms with Gasteiger partial charge in [-0.15, -0.1) is 0 Å².